The zero-order valence-corrected chi connectivity index (χ0v) is 12.2. The molecule has 7 nitrogen and oxygen atoms in total. The first-order chi connectivity index (χ1) is 10.0. The molecule has 0 saturated carbocycles. The van der Waals surface area contributed by atoms with Crippen LogP contribution in [0.5, 0.6) is 0 Å². The van der Waals surface area contributed by atoms with Gasteiger partial charge in [0, 0.05) is 16.5 Å². The molecule has 0 aliphatic rings. The second kappa shape index (κ2) is 6.53. The molecule has 2 rings (SSSR count). The highest BCUT2D eigenvalue weighted by Crippen LogP contribution is 2.25. The largest absolute Gasteiger partial charge is 0.347 e. The van der Waals surface area contributed by atoms with Gasteiger partial charge >= 0.3 is 0 Å². The molecule has 0 saturated heterocycles. The zero-order chi connectivity index (χ0) is 15.4. The lowest BCUT2D eigenvalue weighted by molar-refractivity contribution is -0.384. The molecule has 0 fully saturated rings. The summed E-state index contributed by atoms with van der Waals surface area (Å²) >= 11 is 7.17. The van der Waals surface area contributed by atoms with E-state index in [0.29, 0.717) is 10.9 Å². The minimum atomic E-state index is -0.579. The predicted molar refractivity (Wildman–Crippen MR) is 81.4 cm³/mol. The number of nitrogens with zero attached hydrogens (tertiary/aromatic N) is 1. The minimum absolute atomic E-state index is 0.0758. The van der Waals surface area contributed by atoms with Gasteiger partial charge < -0.3 is 10.7 Å². The van der Waals surface area contributed by atoms with Crippen molar-refractivity contribution in [2.45, 2.75) is 6.54 Å². The smallest absolute Gasteiger partial charge is 0.293 e. The predicted octanol–water partition coefficient (Wildman–Crippen LogP) is 2.53. The van der Waals surface area contributed by atoms with E-state index in [0.717, 1.165) is 4.88 Å². The van der Waals surface area contributed by atoms with Gasteiger partial charge in [0.05, 0.1) is 15.8 Å². The number of amides is 1. The molecule has 1 amide bonds. The van der Waals surface area contributed by atoms with Gasteiger partial charge in [-0.05, 0) is 24.3 Å². The molecule has 0 radical (unpaired) electrons. The number of carbonyl (C=O) groups is 1. The highest BCUT2D eigenvalue weighted by atomic mass is 35.5. The van der Waals surface area contributed by atoms with Crippen molar-refractivity contribution in [1.29, 1.82) is 0 Å². The maximum Gasteiger partial charge on any atom is 0.293 e. The summed E-state index contributed by atoms with van der Waals surface area (Å²) in [4.78, 5) is 23.1. The number of rotatable bonds is 5. The fraction of sp³-hybridized carbons (Fsp3) is 0.0833. The molecule has 1 heterocycles. The first-order valence-electron chi connectivity index (χ1n) is 5.78. The van der Waals surface area contributed by atoms with E-state index in [1.165, 1.54) is 29.5 Å². The Kier molecular flexibility index (Phi) is 4.73. The van der Waals surface area contributed by atoms with Crippen LogP contribution in [0.3, 0.4) is 0 Å². The Labute approximate surface area is 128 Å². The quantitative estimate of drug-likeness (QED) is 0.444. The molecule has 0 aliphatic heterocycles. The van der Waals surface area contributed by atoms with Crippen LogP contribution in [0.1, 0.15) is 15.2 Å². The summed E-state index contributed by atoms with van der Waals surface area (Å²) in [5.74, 6) is 4.87. The Morgan fingerprint density at radius 3 is 2.71 bits per heavy atom. The second-order valence-corrected chi connectivity index (χ2v) is 5.82. The maximum atomic E-state index is 12.0. The van der Waals surface area contributed by atoms with Crippen LogP contribution < -0.4 is 16.6 Å². The van der Waals surface area contributed by atoms with E-state index < -0.39 is 4.92 Å². The molecule has 110 valence electrons. The van der Waals surface area contributed by atoms with Crippen molar-refractivity contribution in [2.24, 2.45) is 5.84 Å². The van der Waals surface area contributed by atoms with E-state index in [4.69, 9.17) is 17.4 Å². The minimum Gasteiger partial charge on any atom is -0.347 e. The lowest BCUT2D eigenvalue weighted by atomic mass is 10.1. The summed E-state index contributed by atoms with van der Waals surface area (Å²) in [6.07, 6.45) is 0. The summed E-state index contributed by atoms with van der Waals surface area (Å²) in [5.41, 5.74) is 2.37. The number of nitrogens with one attached hydrogen (secondary N) is 2. The summed E-state index contributed by atoms with van der Waals surface area (Å²) in [6.45, 7) is 0.332. The number of nitrogens with two attached hydrogens (primary N) is 1. The molecule has 9 heteroatoms. The number of anilines is 1. The van der Waals surface area contributed by atoms with Gasteiger partial charge in [0.25, 0.3) is 11.6 Å². The number of nitro benzene ring substituents is 1. The Morgan fingerprint density at radius 1 is 1.38 bits per heavy atom. The number of carbonyl (C=O) groups excluding carboxylic acids is 1. The van der Waals surface area contributed by atoms with E-state index in [2.05, 4.69) is 10.7 Å². The van der Waals surface area contributed by atoms with E-state index in [-0.39, 0.29) is 22.8 Å². The number of thiophene rings is 1. The van der Waals surface area contributed by atoms with E-state index in [9.17, 15) is 14.9 Å². The number of hydrogen-bond donors (Lipinski definition) is 3. The van der Waals surface area contributed by atoms with Crippen LogP contribution in [0.15, 0.2) is 30.3 Å². The molecule has 0 bridgehead atoms. The van der Waals surface area contributed by atoms with Crippen molar-refractivity contribution in [3.63, 3.8) is 0 Å². The van der Waals surface area contributed by atoms with Crippen LogP contribution in [0, 0.1) is 10.1 Å². The number of halogens is 1. The van der Waals surface area contributed by atoms with E-state index >= 15 is 0 Å². The maximum absolute atomic E-state index is 12.0. The van der Waals surface area contributed by atoms with Gasteiger partial charge in [-0.3, -0.25) is 20.8 Å². The molecule has 1 aromatic heterocycles. The van der Waals surface area contributed by atoms with Crippen molar-refractivity contribution >= 4 is 40.2 Å². The highest BCUT2D eigenvalue weighted by Gasteiger charge is 2.16. The third-order valence-corrected chi connectivity index (χ3v) is 3.89. The zero-order valence-electron chi connectivity index (χ0n) is 10.6. The summed E-state index contributed by atoms with van der Waals surface area (Å²) < 4.78 is 0.643. The van der Waals surface area contributed by atoms with Gasteiger partial charge in [-0.1, -0.05) is 11.6 Å². The van der Waals surface area contributed by atoms with Crippen molar-refractivity contribution < 1.29 is 9.72 Å². The number of nitro groups is 1. The Bertz CT molecular complexity index is 689. The molecule has 4 N–H and O–H groups in total. The molecule has 0 aliphatic carbocycles. The SMILES string of the molecule is NNc1cc(C(=O)NCc2ccc(Cl)s2)ccc1[N+](=O)[O-]. The normalized spacial score (nSPS) is 10.2. The standard InChI is InChI=1S/C12H11ClN4O3S/c13-11-4-2-8(21-11)6-15-12(18)7-1-3-10(17(19)20)9(5-7)16-14/h1-5,16H,6,14H2,(H,15,18). The van der Waals surface area contributed by atoms with Crippen LogP contribution in [0.25, 0.3) is 0 Å². The fourth-order valence-corrected chi connectivity index (χ4v) is 2.70. The average molecular weight is 327 g/mol. The Balaban J connectivity index is 2.10. The van der Waals surface area contributed by atoms with E-state index in [1.54, 1.807) is 6.07 Å². The van der Waals surface area contributed by atoms with Crippen molar-refractivity contribution in [3.05, 3.63) is 55.2 Å². The number of hydrogen-bond acceptors (Lipinski definition) is 6. The topological polar surface area (TPSA) is 110 Å². The van der Waals surface area contributed by atoms with Crippen LogP contribution in [0.2, 0.25) is 4.34 Å². The Morgan fingerprint density at radius 2 is 2.14 bits per heavy atom. The molecule has 1 aromatic carbocycles. The van der Waals surface area contributed by atoms with Gasteiger partial charge in [-0.2, -0.15) is 0 Å². The van der Waals surface area contributed by atoms with Crippen LogP contribution >= 0.6 is 22.9 Å². The number of hydrazine groups is 1. The van der Waals surface area contributed by atoms with Gasteiger partial charge in [-0.25, -0.2) is 0 Å². The average Bonchev–Trinajstić information content (AvgIpc) is 2.89. The second-order valence-electron chi connectivity index (χ2n) is 4.02. The lowest BCUT2D eigenvalue weighted by Crippen LogP contribution is -2.22. The van der Waals surface area contributed by atoms with Crippen LogP contribution in [-0.4, -0.2) is 10.8 Å². The third kappa shape index (κ3) is 3.69. The molecular weight excluding hydrogens is 316 g/mol. The summed E-state index contributed by atoms with van der Waals surface area (Å²) in [7, 11) is 0. The molecule has 21 heavy (non-hydrogen) atoms. The monoisotopic (exact) mass is 326 g/mol. The molecule has 0 unspecified atom stereocenters. The number of benzene rings is 1. The molecule has 0 atom stereocenters. The number of nitrogen functional groups attached to an aromatic ring is 1. The van der Waals surface area contributed by atoms with Gasteiger partial charge in [0.2, 0.25) is 0 Å². The van der Waals surface area contributed by atoms with Crippen molar-refractivity contribution in [3.8, 4) is 0 Å². The first kappa shape index (κ1) is 15.2. The van der Waals surface area contributed by atoms with Crippen molar-refractivity contribution in [2.75, 3.05) is 5.43 Å². The van der Waals surface area contributed by atoms with Gasteiger partial charge in [0.1, 0.15) is 5.69 Å². The third-order valence-electron chi connectivity index (χ3n) is 2.66. The fourth-order valence-electron chi connectivity index (χ4n) is 1.67. The molecule has 2 aromatic rings. The lowest BCUT2D eigenvalue weighted by Gasteiger charge is -2.06. The molecular formula is C12H11ClN4O3S. The van der Waals surface area contributed by atoms with Crippen LogP contribution in [0.4, 0.5) is 11.4 Å². The molecule has 0 spiro atoms. The van der Waals surface area contributed by atoms with Crippen LogP contribution in [-0.2, 0) is 6.54 Å². The first-order valence-corrected chi connectivity index (χ1v) is 6.98. The summed E-state index contributed by atoms with van der Waals surface area (Å²) in [5, 5.41) is 13.5. The highest BCUT2D eigenvalue weighted by molar-refractivity contribution is 7.16. The van der Waals surface area contributed by atoms with Gasteiger partial charge in [-0.15, -0.1) is 11.3 Å². The summed E-state index contributed by atoms with van der Waals surface area (Å²) in [6, 6.07) is 7.49. The van der Waals surface area contributed by atoms with Gasteiger partial charge in [0.15, 0.2) is 0 Å². The van der Waals surface area contributed by atoms with E-state index in [1.807, 2.05) is 6.07 Å². The Hall–Kier alpha value is -2.16. The van der Waals surface area contributed by atoms with Crippen molar-refractivity contribution in [1.82, 2.24) is 5.32 Å².